The predicted molar refractivity (Wildman–Crippen MR) is 109 cm³/mol. The summed E-state index contributed by atoms with van der Waals surface area (Å²) in [6.45, 7) is -0.618. The standard InChI is InChI=1S/C22H15F3N4O3/c23-22(24,25)15-5-2-7-17(11-15)29-20-18(8-3-9-27-20)21(31)32-13-19(30)28-16-6-1-4-14(10-16)12-26/h1-11H,13H2,(H,27,29)(H,28,30). The van der Waals surface area contributed by atoms with Gasteiger partial charge in [0.2, 0.25) is 0 Å². The molecule has 32 heavy (non-hydrogen) atoms. The van der Waals surface area contributed by atoms with Gasteiger partial charge >= 0.3 is 12.1 Å². The number of carbonyl (C=O) groups excluding carboxylic acids is 2. The second kappa shape index (κ2) is 9.61. The number of carbonyl (C=O) groups is 2. The summed E-state index contributed by atoms with van der Waals surface area (Å²) in [5.41, 5.74) is -0.148. The molecule has 0 aliphatic heterocycles. The van der Waals surface area contributed by atoms with Crippen molar-refractivity contribution in [2.75, 3.05) is 17.2 Å². The summed E-state index contributed by atoms with van der Waals surface area (Å²) >= 11 is 0. The van der Waals surface area contributed by atoms with Crippen LogP contribution < -0.4 is 10.6 Å². The maximum atomic E-state index is 12.9. The molecule has 0 unspecified atom stereocenters. The number of nitrogens with one attached hydrogen (secondary N) is 2. The van der Waals surface area contributed by atoms with Crippen LogP contribution >= 0.6 is 0 Å². The first-order chi connectivity index (χ1) is 15.3. The van der Waals surface area contributed by atoms with Crippen molar-refractivity contribution in [1.29, 1.82) is 5.26 Å². The molecule has 0 saturated heterocycles. The highest BCUT2D eigenvalue weighted by atomic mass is 19.4. The van der Waals surface area contributed by atoms with E-state index >= 15 is 0 Å². The van der Waals surface area contributed by atoms with E-state index in [4.69, 9.17) is 10.00 Å². The first kappa shape index (κ1) is 22.3. The average molecular weight is 440 g/mol. The number of amides is 1. The van der Waals surface area contributed by atoms with Gasteiger partial charge in [0.15, 0.2) is 6.61 Å². The van der Waals surface area contributed by atoms with E-state index in [-0.39, 0.29) is 17.1 Å². The minimum absolute atomic E-state index is 0.0287. The van der Waals surface area contributed by atoms with Crippen LogP contribution in [0.1, 0.15) is 21.5 Å². The topological polar surface area (TPSA) is 104 Å². The highest BCUT2D eigenvalue weighted by Crippen LogP contribution is 2.31. The molecule has 1 amide bonds. The molecule has 1 heterocycles. The summed E-state index contributed by atoms with van der Waals surface area (Å²) < 4.78 is 43.8. The summed E-state index contributed by atoms with van der Waals surface area (Å²) in [5.74, 6) is -1.56. The Labute approximate surface area is 180 Å². The van der Waals surface area contributed by atoms with Gasteiger partial charge in [-0.3, -0.25) is 4.79 Å². The zero-order valence-corrected chi connectivity index (χ0v) is 16.3. The number of ether oxygens (including phenoxy) is 1. The van der Waals surface area contributed by atoms with E-state index < -0.39 is 30.2 Å². The Balaban J connectivity index is 1.67. The van der Waals surface area contributed by atoms with E-state index in [0.29, 0.717) is 11.3 Å². The highest BCUT2D eigenvalue weighted by molar-refractivity contribution is 5.98. The lowest BCUT2D eigenvalue weighted by Crippen LogP contribution is -2.21. The Morgan fingerprint density at radius 1 is 1.03 bits per heavy atom. The molecule has 0 spiro atoms. The van der Waals surface area contributed by atoms with Gasteiger partial charge in [-0.1, -0.05) is 12.1 Å². The lowest BCUT2D eigenvalue weighted by Gasteiger charge is -2.13. The Bertz CT molecular complexity index is 1190. The number of nitriles is 1. The van der Waals surface area contributed by atoms with Crippen molar-refractivity contribution in [2.24, 2.45) is 0 Å². The van der Waals surface area contributed by atoms with E-state index in [9.17, 15) is 22.8 Å². The van der Waals surface area contributed by atoms with Crippen LogP contribution in [0.15, 0.2) is 66.9 Å². The number of pyridine rings is 1. The first-order valence-electron chi connectivity index (χ1n) is 9.13. The molecule has 2 aromatic carbocycles. The number of benzene rings is 2. The quantitative estimate of drug-likeness (QED) is 0.547. The van der Waals surface area contributed by atoms with Gasteiger partial charge in [0, 0.05) is 17.6 Å². The fraction of sp³-hybridized carbons (Fsp3) is 0.0909. The van der Waals surface area contributed by atoms with E-state index in [0.717, 1.165) is 12.1 Å². The molecule has 3 aromatic rings. The number of anilines is 3. The first-order valence-corrected chi connectivity index (χ1v) is 9.13. The van der Waals surface area contributed by atoms with Crippen molar-refractivity contribution >= 4 is 29.1 Å². The highest BCUT2D eigenvalue weighted by Gasteiger charge is 2.30. The van der Waals surface area contributed by atoms with Gasteiger partial charge in [0.25, 0.3) is 5.91 Å². The van der Waals surface area contributed by atoms with Crippen LogP contribution in [-0.4, -0.2) is 23.5 Å². The number of esters is 1. The van der Waals surface area contributed by atoms with E-state index in [1.54, 1.807) is 18.2 Å². The second-order valence-electron chi connectivity index (χ2n) is 6.42. The number of halogens is 3. The van der Waals surface area contributed by atoms with E-state index in [1.165, 1.54) is 36.5 Å². The molecule has 2 N–H and O–H groups in total. The van der Waals surface area contributed by atoms with Crippen molar-refractivity contribution in [3.05, 3.63) is 83.6 Å². The molecule has 3 rings (SSSR count). The third-order valence-electron chi connectivity index (χ3n) is 4.09. The lowest BCUT2D eigenvalue weighted by molar-refractivity contribution is -0.137. The van der Waals surface area contributed by atoms with E-state index in [1.807, 2.05) is 6.07 Å². The van der Waals surface area contributed by atoms with Gasteiger partial charge in [-0.2, -0.15) is 18.4 Å². The summed E-state index contributed by atoms with van der Waals surface area (Å²) in [5, 5.41) is 14.0. The van der Waals surface area contributed by atoms with Crippen molar-refractivity contribution < 1.29 is 27.5 Å². The molecular formula is C22H15F3N4O3. The average Bonchev–Trinajstić information content (AvgIpc) is 2.77. The summed E-state index contributed by atoms with van der Waals surface area (Å²) in [6, 6.07) is 15.3. The normalized spacial score (nSPS) is 10.7. The van der Waals surface area contributed by atoms with Gasteiger partial charge in [0.1, 0.15) is 11.4 Å². The van der Waals surface area contributed by atoms with Crippen LogP contribution in [0.3, 0.4) is 0 Å². The van der Waals surface area contributed by atoms with Crippen LogP contribution in [0.25, 0.3) is 0 Å². The Hall–Kier alpha value is -4.39. The van der Waals surface area contributed by atoms with Gasteiger partial charge in [-0.05, 0) is 48.5 Å². The molecule has 0 saturated carbocycles. The van der Waals surface area contributed by atoms with Crippen molar-refractivity contribution in [3.8, 4) is 6.07 Å². The minimum Gasteiger partial charge on any atom is -0.452 e. The van der Waals surface area contributed by atoms with Gasteiger partial charge < -0.3 is 15.4 Å². The summed E-state index contributed by atoms with van der Waals surface area (Å²) in [4.78, 5) is 28.5. The third-order valence-corrected chi connectivity index (χ3v) is 4.09. The number of alkyl halides is 3. The van der Waals surface area contributed by atoms with Crippen LogP contribution in [-0.2, 0) is 15.7 Å². The minimum atomic E-state index is -4.52. The monoisotopic (exact) mass is 440 g/mol. The number of hydrogen-bond acceptors (Lipinski definition) is 6. The molecule has 0 radical (unpaired) electrons. The molecule has 0 aliphatic carbocycles. The zero-order chi connectivity index (χ0) is 23.1. The number of aromatic nitrogens is 1. The van der Waals surface area contributed by atoms with Gasteiger partial charge in [0.05, 0.1) is 17.2 Å². The third kappa shape index (κ3) is 5.82. The summed E-state index contributed by atoms with van der Waals surface area (Å²) in [7, 11) is 0. The molecule has 0 aliphatic rings. The maximum absolute atomic E-state index is 12.9. The fourth-order valence-electron chi connectivity index (χ4n) is 2.65. The van der Waals surface area contributed by atoms with Crippen molar-refractivity contribution in [2.45, 2.75) is 6.18 Å². The van der Waals surface area contributed by atoms with Crippen LogP contribution in [0.5, 0.6) is 0 Å². The second-order valence-corrected chi connectivity index (χ2v) is 6.42. The van der Waals surface area contributed by atoms with Gasteiger partial charge in [-0.15, -0.1) is 0 Å². The zero-order valence-electron chi connectivity index (χ0n) is 16.3. The number of nitrogens with zero attached hydrogens (tertiary/aromatic N) is 2. The van der Waals surface area contributed by atoms with Gasteiger partial charge in [-0.25, -0.2) is 9.78 Å². The molecule has 0 bridgehead atoms. The Kier molecular flexibility index (Phi) is 6.70. The Morgan fingerprint density at radius 2 is 1.78 bits per heavy atom. The Morgan fingerprint density at radius 3 is 2.53 bits per heavy atom. The SMILES string of the molecule is N#Cc1cccc(NC(=O)COC(=O)c2cccnc2Nc2cccc(C(F)(F)F)c2)c1. The smallest absolute Gasteiger partial charge is 0.416 e. The molecule has 10 heteroatoms. The molecular weight excluding hydrogens is 425 g/mol. The maximum Gasteiger partial charge on any atom is 0.416 e. The van der Waals surface area contributed by atoms with E-state index in [2.05, 4.69) is 15.6 Å². The molecule has 0 atom stereocenters. The molecule has 0 fully saturated rings. The van der Waals surface area contributed by atoms with Crippen molar-refractivity contribution in [3.63, 3.8) is 0 Å². The number of rotatable bonds is 6. The molecule has 7 nitrogen and oxygen atoms in total. The fourth-order valence-corrected chi connectivity index (χ4v) is 2.65. The lowest BCUT2D eigenvalue weighted by atomic mass is 10.2. The molecule has 162 valence electrons. The molecule has 1 aromatic heterocycles. The van der Waals surface area contributed by atoms with Crippen molar-refractivity contribution in [1.82, 2.24) is 4.98 Å². The predicted octanol–water partition coefficient (Wildman–Crippen LogP) is 4.51. The van der Waals surface area contributed by atoms with Crippen LogP contribution in [0, 0.1) is 11.3 Å². The largest absolute Gasteiger partial charge is 0.452 e. The summed E-state index contributed by atoms with van der Waals surface area (Å²) in [6.07, 6.45) is -3.18. The number of hydrogen-bond donors (Lipinski definition) is 2. The van der Waals surface area contributed by atoms with Crippen LogP contribution in [0.2, 0.25) is 0 Å². The van der Waals surface area contributed by atoms with Crippen LogP contribution in [0.4, 0.5) is 30.4 Å².